The third-order valence-corrected chi connectivity index (χ3v) is 5.41. The maximum absolute atomic E-state index is 10.0. The number of hydrogen-bond acceptors (Lipinski definition) is 5. The summed E-state index contributed by atoms with van der Waals surface area (Å²) in [7, 11) is 0. The molecular weight excluding hydrogens is 308 g/mol. The van der Waals surface area contributed by atoms with Crippen LogP contribution in [0.5, 0.6) is 0 Å². The summed E-state index contributed by atoms with van der Waals surface area (Å²) < 4.78 is 3.27. The molecule has 0 spiro atoms. The third kappa shape index (κ3) is 2.72. The maximum Gasteiger partial charge on any atom is 0.186 e. The Balaban J connectivity index is 1.64. The molecule has 0 aliphatic carbocycles. The number of aliphatic hydroxyl groups is 1. The average Bonchev–Trinajstić information content (AvgIpc) is 3.13. The predicted molar refractivity (Wildman–Crippen MR) is 92.8 cm³/mol. The SMILES string of the molecule is CCC(O)c1cc2n(n1)CCCN(c1nc3ccccc3s1)C2. The molecule has 0 saturated carbocycles. The van der Waals surface area contributed by atoms with Crippen LogP contribution >= 0.6 is 11.3 Å². The molecule has 0 fully saturated rings. The highest BCUT2D eigenvalue weighted by Gasteiger charge is 2.21. The van der Waals surface area contributed by atoms with Crippen LogP contribution in [-0.4, -0.2) is 26.4 Å². The van der Waals surface area contributed by atoms with Crippen molar-refractivity contribution < 1.29 is 5.11 Å². The van der Waals surface area contributed by atoms with Gasteiger partial charge < -0.3 is 10.0 Å². The van der Waals surface area contributed by atoms with Crippen LogP contribution in [0.15, 0.2) is 30.3 Å². The number of para-hydroxylation sites is 1. The molecule has 23 heavy (non-hydrogen) atoms. The molecule has 3 aromatic rings. The highest BCUT2D eigenvalue weighted by Crippen LogP contribution is 2.31. The first-order valence-electron chi connectivity index (χ1n) is 8.10. The molecule has 2 aromatic heterocycles. The molecule has 3 heterocycles. The Kier molecular flexibility index (Phi) is 3.79. The van der Waals surface area contributed by atoms with Crippen LogP contribution in [0.1, 0.15) is 37.3 Å². The molecule has 0 amide bonds. The van der Waals surface area contributed by atoms with Crippen molar-refractivity contribution in [3.05, 3.63) is 41.7 Å². The van der Waals surface area contributed by atoms with E-state index < -0.39 is 6.10 Å². The van der Waals surface area contributed by atoms with Gasteiger partial charge >= 0.3 is 0 Å². The fourth-order valence-corrected chi connectivity index (χ4v) is 4.01. The van der Waals surface area contributed by atoms with Gasteiger partial charge in [-0.1, -0.05) is 30.4 Å². The van der Waals surface area contributed by atoms with Gasteiger partial charge in [-0.3, -0.25) is 4.68 Å². The Morgan fingerprint density at radius 1 is 1.30 bits per heavy atom. The summed E-state index contributed by atoms with van der Waals surface area (Å²) in [5, 5.41) is 15.7. The minimum Gasteiger partial charge on any atom is -0.387 e. The summed E-state index contributed by atoms with van der Waals surface area (Å²) in [6, 6.07) is 10.3. The van der Waals surface area contributed by atoms with Crippen molar-refractivity contribution in [2.75, 3.05) is 11.4 Å². The van der Waals surface area contributed by atoms with Gasteiger partial charge in [-0.05, 0) is 31.0 Å². The number of aryl methyl sites for hydroxylation is 1. The van der Waals surface area contributed by atoms with Crippen LogP contribution in [0.4, 0.5) is 5.13 Å². The Labute approximate surface area is 139 Å². The molecule has 1 N–H and O–H groups in total. The molecule has 1 aromatic carbocycles. The van der Waals surface area contributed by atoms with E-state index in [-0.39, 0.29) is 0 Å². The van der Waals surface area contributed by atoms with E-state index in [0.717, 1.165) is 48.1 Å². The molecule has 1 aliphatic heterocycles. The Morgan fingerprint density at radius 2 is 2.17 bits per heavy atom. The summed E-state index contributed by atoms with van der Waals surface area (Å²) in [6.45, 7) is 4.65. The van der Waals surface area contributed by atoms with Gasteiger partial charge in [-0.15, -0.1) is 0 Å². The number of nitrogens with zero attached hydrogens (tertiary/aromatic N) is 4. The highest BCUT2D eigenvalue weighted by molar-refractivity contribution is 7.22. The number of fused-ring (bicyclic) bond motifs is 2. The lowest BCUT2D eigenvalue weighted by atomic mass is 10.2. The Bertz CT molecular complexity index is 792. The first-order chi connectivity index (χ1) is 11.2. The van der Waals surface area contributed by atoms with Crippen LogP contribution in [0.2, 0.25) is 0 Å². The quantitative estimate of drug-likeness (QED) is 0.801. The number of aliphatic hydroxyl groups excluding tert-OH is 1. The van der Waals surface area contributed by atoms with E-state index in [1.54, 1.807) is 11.3 Å². The average molecular weight is 328 g/mol. The van der Waals surface area contributed by atoms with Gasteiger partial charge in [-0.2, -0.15) is 5.10 Å². The number of thiazole rings is 1. The van der Waals surface area contributed by atoms with Gasteiger partial charge in [0.25, 0.3) is 0 Å². The second kappa shape index (κ2) is 5.94. The second-order valence-electron chi connectivity index (χ2n) is 5.95. The number of anilines is 1. The Morgan fingerprint density at radius 3 is 3.00 bits per heavy atom. The maximum atomic E-state index is 10.0. The van der Waals surface area contributed by atoms with Crippen LogP contribution < -0.4 is 4.90 Å². The zero-order valence-corrected chi connectivity index (χ0v) is 14.0. The van der Waals surface area contributed by atoms with Gasteiger partial charge in [-0.25, -0.2) is 4.98 Å². The topological polar surface area (TPSA) is 54.2 Å². The molecule has 5 nitrogen and oxygen atoms in total. The van der Waals surface area contributed by atoms with Crippen molar-refractivity contribution in [2.24, 2.45) is 0 Å². The molecular formula is C17H20N4OS. The van der Waals surface area contributed by atoms with Crippen molar-refractivity contribution >= 4 is 26.7 Å². The number of aromatic nitrogens is 3. The Hall–Kier alpha value is -1.92. The fourth-order valence-electron chi connectivity index (χ4n) is 3.02. The normalized spacial score (nSPS) is 16.3. The van der Waals surface area contributed by atoms with Crippen LogP contribution in [0.25, 0.3) is 10.2 Å². The second-order valence-corrected chi connectivity index (χ2v) is 6.96. The number of rotatable bonds is 3. The molecule has 0 saturated heterocycles. The lowest BCUT2D eigenvalue weighted by Crippen LogP contribution is -2.22. The molecule has 4 rings (SSSR count). The molecule has 1 atom stereocenters. The standard InChI is InChI=1S/C17H20N4OS/c1-2-15(22)14-10-12-11-20(8-5-9-21(12)19-14)17-18-13-6-3-4-7-16(13)23-17/h3-4,6-7,10,15,22H,2,5,8-9,11H2,1H3. The van der Waals surface area contributed by atoms with Gasteiger partial charge in [0.2, 0.25) is 0 Å². The third-order valence-electron chi connectivity index (χ3n) is 4.31. The molecule has 0 bridgehead atoms. The van der Waals surface area contributed by atoms with Crippen molar-refractivity contribution in [3.8, 4) is 0 Å². The minimum absolute atomic E-state index is 0.467. The summed E-state index contributed by atoms with van der Waals surface area (Å²) >= 11 is 1.74. The summed E-state index contributed by atoms with van der Waals surface area (Å²) in [6.07, 6.45) is 1.26. The minimum atomic E-state index is -0.467. The van der Waals surface area contributed by atoms with Gasteiger partial charge in [0, 0.05) is 13.1 Å². The van der Waals surface area contributed by atoms with E-state index in [1.807, 2.05) is 23.7 Å². The van der Waals surface area contributed by atoms with Crippen molar-refractivity contribution in [1.82, 2.24) is 14.8 Å². The van der Waals surface area contributed by atoms with Gasteiger partial charge in [0.1, 0.15) is 0 Å². The van der Waals surface area contributed by atoms with E-state index in [0.29, 0.717) is 6.42 Å². The van der Waals surface area contributed by atoms with E-state index in [4.69, 9.17) is 4.98 Å². The lowest BCUT2D eigenvalue weighted by Gasteiger charge is -2.18. The monoisotopic (exact) mass is 328 g/mol. The summed E-state index contributed by atoms with van der Waals surface area (Å²) in [5.41, 5.74) is 3.00. The molecule has 0 radical (unpaired) electrons. The van der Waals surface area contributed by atoms with E-state index in [1.165, 1.54) is 4.70 Å². The first kappa shape index (κ1) is 14.7. The lowest BCUT2D eigenvalue weighted by molar-refractivity contribution is 0.168. The highest BCUT2D eigenvalue weighted by atomic mass is 32.1. The van der Waals surface area contributed by atoms with Crippen LogP contribution in [0.3, 0.4) is 0 Å². The smallest absolute Gasteiger partial charge is 0.186 e. The number of benzene rings is 1. The van der Waals surface area contributed by atoms with Crippen molar-refractivity contribution in [2.45, 2.75) is 39.0 Å². The van der Waals surface area contributed by atoms with Gasteiger partial charge in [0.05, 0.1) is 34.3 Å². The van der Waals surface area contributed by atoms with Crippen molar-refractivity contribution in [3.63, 3.8) is 0 Å². The fraction of sp³-hybridized carbons (Fsp3) is 0.412. The van der Waals surface area contributed by atoms with Crippen molar-refractivity contribution in [1.29, 1.82) is 0 Å². The molecule has 120 valence electrons. The predicted octanol–water partition coefficient (Wildman–Crippen LogP) is 3.35. The van der Waals surface area contributed by atoms with Gasteiger partial charge in [0.15, 0.2) is 5.13 Å². The van der Waals surface area contributed by atoms with E-state index in [2.05, 4.69) is 28.2 Å². The van der Waals surface area contributed by atoms with E-state index in [9.17, 15) is 5.11 Å². The molecule has 1 aliphatic rings. The van der Waals surface area contributed by atoms with Crippen LogP contribution in [0, 0.1) is 0 Å². The number of hydrogen-bond donors (Lipinski definition) is 1. The zero-order valence-electron chi connectivity index (χ0n) is 13.1. The summed E-state index contributed by atoms with van der Waals surface area (Å²) in [5.74, 6) is 0. The largest absolute Gasteiger partial charge is 0.387 e. The summed E-state index contributed by atoms with van der Waals surface area (Å²) in [4.78, 5) is 7.10. The molecule has 1 unspecified atom stereocenters. The van der Waals surface area contributed by atoms with Crippen LogP contribution in [-0.2, 0) is 13.1 Å². The van der Waals surface area contributed by atoms with E-state index >= 15 is 0 Å². The zero-order chi connectivity index (χ0) is 15.8. The molecule has 6 heteroatoms. The first-order valence-corrected chi connectivity index (χ1v) is 8.91.